The second-order valence-electron chi connectivity index (χ2n) is 5.18. The molecular formula is C14H21N3O3. The third-order valence-corrected chi connectivity index (χ3v) is 3.68. The molecule has 0 saturated heterocycles. The van der Waals surface area contributed by atoms with Gasteiger partial charge in [0.2, 0.25) is 0 Å². The predicted molar refractivity (Wildman–Crippen MR) is 77.1 cm³/mol. The van der Waals surface area contributed by atoms with Crippen molar-refractivity contribution in [3.8, 4) is 0 Å². The zero-order valence-corrected chi connectivity index (χ0v) is 12.3. The average Bonchev–Trinajstić information content (AvgIpc) is 2.37. The van der Waals surface area contributed by atoms with Crippen LogP contribution in [0.3, 0.4) is 0 Å². The summed E-state index contributed by atoms with van der Waals surface area (Å²) in [6.45, 7) is 6.86. The average molecular weight is 279 g/mol. The van der Waals surface area contributed by atoms with E-state index < -0.39 is 11.5 Å². The zero-order valence-electron chi connectivity index (χ0n) is 12.3. The lowest BCUT2D eigenvalue weighted by molar-refractivity contribution is -0.137. The summed E-state index contributed by atoms with van der Waals surface area (Å²) in [6, 6.07) is 0. The molecule has 1 amide bonds. The summed E-state index contributed by atoms with van der Waals surface area (Å²) in [5.41, 5.74) is 12.4. The maximum Gasteiger partial charge on any atom is 0.261 e. The van der Waals surface area contributed by atoms with Gasteiger partial charge in [-0.3, -0.25) is 4.79 Å². The molecule has 0 aromatic heterocycles. The molecule has 1 aliphatic rings. The second-order valence-corrected chi connectivity index (χ2v) is 5.18. The third-order valence-electron chi connectivity index (χ3n) is 3.68. The molecule has 1 aliphatic heterocycles. The fourth-order valence-corrected chi connectivity index (χ4v) is 2.00. The molecule has 0 aromatic rings. The van der Waals surface area contributed by atoms with Crippen LogP contribution >= 0.6 is 0 Å². The van der Waals surface area contributed by atoms with Crippen LogP contribution in [0.1, 0.15) is 40.5 Å². The van der Waals surface area contributed by atoms with Gasteiger partial charge in [0.25, 0.3) is 5.91 Å². The minimum atomic E-state index is -1.17. The lowest BCUT2D eigenvalue weighted by Crippen LogP contribution is -2.44. The number of carbonyl (C=O) groups excluding carboxylic acids is 1. The summed E-state index contributed by atoms with van der Waals surface area (Å²) in [5, 5.41) is 3.06. The monoisotopic (exact) mass is 279 g/mol. The van der Waals surface area contributed by atoms with Crippen molar-refractivity contribution in [3.63, 3.8) is 0 Å². The Kier molecular flexibility index (Phi) is 4.70. The van der Waals surface area contributed by atoms with E-state index >= 15 is 0 Å². The van der Waals surface area contributed by atoms with Crippen molar-refractivity contribution in [2.45, 2.75) is 46.1 Å². The van der Waals surface area contributed by atoms with Crippen LogP contribution in [0.2, 0.25) is 0 Å². The molecule has 1 atom stereocenters. The Hall–Kier alpha value is -2.11. The minimum absolute atomic E-state index is 0.0830. The van der Waals surface area contributed by atoms with Gasteiger partial charge in [0.05, 0.1) is 0 Å². The number of amides is 1. The van der Waals surface area contributed by atoms with Gasteiger partial charge in [-0.25, -0.2) is 0 Å². The number of ether oxygens (including phenoxy) is 1. The molecule has 0 bridgehead atoms. The highest BCUT2D eigenvalue weighted by atomic mass is 16.5. The van der Waals surface area contributed by atoms with E-state index in [2.05, 4.69) is 5.18 Å². The minimum Gasteiger partial charge on any atom is -0.463 e. The summed E-state index contributed by atoms with van der Waals surface area (Å²) in [6.07, 6.45) is 2.75. The summed E-state index contributed by atoms with van der Waals surface area (Å²) < 4.78 is 5.56. The maximum atomic E-state index is 11.6. The molecule has 6 heteroatoms. The molecule has 0 fully saturated rings. The van der Waals surface area contributed by atoms with Crippen LogP contribution in [0.4, 0.5) is 0 Å². The molecular weight excluding hydrogens is 258 g/mol. The van der Waals surface area contributed by atoms with Gasteiger partial charge in [0.1, 0.15) is 5.70 Å². The summed E-state index contributed by atoms with van der Waals surface area (Å²) in [7, 11) is 0. The highest BCUT2D eigenvalue weighted by Crippen LogP contribution is 2.29. The molecule has 110 valence electrons. The van der Waals surface area contributed by atoms with Crippen molar-refractivity contribution in [2.24, 2.45) is 16.6 Å². The van der Waals surface area contributed by atoms with E-state index in [0.29, 0.717) is 29.7 Å². The van der Waals surface area contributed by atoms with E-state index in [-0.39, 0.29) is 5.88 Å². The van der Waals surface area contributed by atoms with Gasteiger partial charge in [-0.05, 0) is 56.9 Å². The van der Waals surface area contributed by atoms with E-state index in [1.807, 2.05) is 6.08 Å². The predicted octanol–water partition coefficient (Wildman–Crippen LogP) is 2.22. The molecule has 1 rings (SSSR count). The lowest BCUT2D eigenvalue weighted by Gasteiger charge is -2.28. The van der Waals surface area contributed by atoms with Crippen LogP contribution in [0.5, 0.6) is 0 Å². The van der Waals surface area contributed by atoms with Gasteiger partial charge in [0, 0.05) is 5.57 Å². The van der Waals surface area contributed by atoms with Gasteiger partial charge in [-0.2, -0.15) is 0 Å². The van der Waals surface area contributed by atoms with E-state index in [9.17, 15) is 9.70 Å². The highest BCUT2D eigenvalue weighted by Gasteiger charge is 2.34. The zero-order chi connectivity index (χ0) is 15.5. The molecule has 0 aliphatic carbocycles. The Bertz CT molecular complexity index is 532. The Morgan fingerprint density at radius 3 is 2.45 bits per heavy atom. The first-order valence-electron chi connectivity index (χ1n) is 6.40. The van der Waals surface area contributed by atoms with Gasteiger partial charge >= 0.3 is 0 Å². The molecule has 6 nitrogen and oxygen atoms in total. The van der Waals surface area contributed by atoms with E-state index in [1.54, 1.807) is 27.7 Å². The Morgan fingerprint density at radius 1 is 1.35 bits per heavy atom. The number of carbonyl (C=O) groups is 1. The maximum absolute atomic E-state index is 11.6. The van der Waals surface area contributed by atoms with Crippen LogP contribution in [-0.2, 0) is 9.53 Å². The molecule has 0 saturated carbocycles. The van der Waals surface area contributed by atoms with Gasteiger partial charge < -0.3 is 16.2 Å². The number of primary amides is 1. The topological polar surface area (TPSA) is 108 Å². The van der Waals surface area contributed by atoms with Crippen LogP contribution in [-0.4, -0.2) is 11.5 Å². The van der Waals surface area contributed by atoms with Gasteiger partial charge in [-0.15, -0.1) is 4.91 Å². The van der Waals surface area contributed by atoms with Crippen molar-refractivity contribution in [3.05, 3.63) is 39.3 Å². The van der Waals surface area contributed by atoms with Crippen LogP contribution in [0, 0.1) is 4.91 Å². The number of nitroso groups, excluding NO2 is 1. The van der Waals surface area contributed by atoms with Crippen LogP contribution < -0.4 is 11.5 Å². The SMILES string of the molecule is CC1=C\CCC(C)(C(N)=O)O/C(N)=C(C)/C(C)=C\1N=O. The molecule has 20 heavy (non-hydrogen) atoms. The first kappa shape index (κ1) is 15.9. The highest BCUT2D eigenvalue weighted by molar-refractivity contribution is 5.83. The Balaban J connectivity index is 3.44. The van der Waals surface area contributed by atoms with Crippen molar-refractivity contribution in [1.82, 2.24) is 0 Å². The van der Waals surface area contributed by atoms with E-state index in [0.717, 1.165) is 5.57 Å². The van der Waals surface area contributed by atoms with E-state index in [1.165, 1.54) is 0 Å². The summed E-state index contributed by atoms with van der Waals surface area (Å²) >= 11 is 0. The fourth-order valence-electron chi connectivity index (χ4n) is 2.00. The number of nitrogens with zero attached hydrogens (tertiary/aromatic N) is 1. The van der Waals surface area contributed by atoms with Gasteiger partial charge in [-0.1, -0.05) is 6.08 Å². The Morgan fingerprint density at radius 2 is 1.95 bits per heavy atom. The van der Waals surface area contributed by atoms with Crippen LogP contribution in [0.15, 0.2) is 39.6 Å². The summed E-state index contributed by atoms with van der Waals surface area (Å²) in [4.78, 5) is 22.6. The van der Waals surface area contributed by atoms with Crippen molar-refractivity contribution in [1.29, 1.82) is 0 Å². The molecule has 0 aromatic carbocycles. The lowest BCUT2D eigenvalue weighted by atomic mass is 9.95. The number of hydrogen-bond acceptors (Lipinski definition) is 5. The number of rotatable bonds is 2. The number of hydrogen-bond donors (Lipinski definition) is 2. The van der Waals surface area contributed by atoms with Crippen molar-refractivity contribution >= 4 is 5.91 Å². The quantitative estimate of drug-likeness (QED) is 0.755. The first-order chi connectivity index (χ1) is 9.23. The first-order valence-corrected chi connectivity index (χ1v) is 6.40. The summed E-state index contributed by atoms with van der Waals surface area (Å²) in [5.74, 6) is -0.491. The van der Waals surface area contributed by atoms with Gasteiger partial charge in [0.15, 0.2) is 11.5 Å². The molecule has 4 N–H and O–H groups in total. The number of nitrogens with two attached hydrogens (primary N) is 2. The fraction of sp³-hybridized carbons (Fsp3) is 0.500. The largest absolute Gasteiger partial charge is 0.463 e. The normalized spacial score (nSPS) is 34.7. The third kappa shape index (κ3) is 3.07. The Labute approximate surface area is 118 Å². The number of allylic oxidation sites excluding steroid dienone is 4. The molecule has 1 unspecified atom stereocenters. The molecule has 1 heterocycles. The standard InChI is InChI=1S/C14H21N3O3/c1-8-6-5-7-14(4,13(16)18)20-12(15)10(3)9(2)11(8)17-19/h6H,5,7,15H2,1-4H3,(H2,16,18)/b8-6+,11-9+,12-10+. The van der Waals surface area contributed by atoms with Crippen LogP contribution in [0.25, 0.3) is 0 Å². The second kappa shape index (κ2) is 5.90. The van der Waals surface area contributed by atoms with Crippen molar-refractivity contribution in [2.75, 3.05) is 0 Å². The molecule has 0 radical (unpaired) electrons. The van der Waals surface area contributed by atoms with Crippen molar-refractivity contribution < 1.29 is 9.53 Å². The molecule has 0 spiro atoms. The van der Waals surface area contributed by atoms with E-state index in [4.69, 9.17) is 16.2 Å². The smallest absolute Gasteiger partial charge is 0.261 e.